The average molecular weight is 178 g/mol. The van der Waals surface area contributed by atoms with E-state index in [4.69, 9.17) is 9.47 Å². The minimum absolute atomic E-state index is 0.343. The first kappa shape index (κ1) is 9.81. The minimum atomic E-state index is 0.343. The number of ether oxygens (including phenoxy) is 2. The first-order valence-corrected chi connectivity index (χ1v) is 4.24. The largest absolute Gasteiger partial charge is 0.491 e. The SMILES string of the molecule is C=C.c1ccc(OCC2CO2)cc1. The van der Waals surface area contributed by atoms with Crippen molar-refractivity contribution >= 4 is 0 Å². The maximum absolute atomic E-state index is 5.40. The second kappa shape index (κ2) is 5.38. The summed E-state index contributed by atoms with van der Waals surface area (Å²) in [7, 11) is 0. The van der Waals surface area contributed by atoms with Gasteiger partial charge in [0.25, 0.3) is 0 Å². The molecule has 0 amide bonds. The third-order valence-electron chi connectivity index (χ3n) is 1.58. The van der Waals surface area contributed by atoms with Gasteiger partial charge in [0.15, 0.2) is 0 Å². The van der Waals surface area contributed by atoms with E-state index in [0.717, 1.165) is 12.4 Å². The fourth-order valence-corrected chi connectivity index (χ4v) is 0.870. The summed E-state index contributed by atoms with van der Waals surface area (Å²) in [5.41, 5.74) is 0. The van der Waals surface area contributed by atoms with Crippen molar-refractivity contribution < 1.29 is 9.47 Å². The highest BCUT2D eigenvalue weighted by Gasteiger charge is 2.22. The van der Waals surface area contributed by atoms with Crippen LogP contribution in [0.3, 0.4) is 0 Å². The highest BCUT2D eigenvalue weighted by molar-refractivity contribution is 5.20. The Bertz CT molecular complexity index is 229. The molecule has 1 heterocycles. The number of benzene rings is 1. The third-order valence-corrected chi connectivity index (χ3v) is 1.58. The van der Waals surface area contributed by atoms with Gasteiger partial charge in [0.2, 0.25) is 0 Å². The maximum Gasteiger partial charge on any atom is 0.119 e. The summed E-state index contributed by atoms with van der Waals surface area (Å²) in [6, 6.07) is 9.79. The Kier molecular flexibility index (Phi) is 4.06. The lowest BCUT2D eigenvalue weighted by Crippen LogP contribution is -2.03. The molecule has 1 aromatic carbocycles. The van der Waals surface area contributed by atoms with E-state index in [-0.39, 0.29) is 0 Å². The molecule has 1 aliphatic heterocycles. The Hall–Kier alpha value is -1.28. The number of rotatable bonds is 3. The van der Waals surface area contributed by atoms with Crippen LogP contribution in [0.1, 0.15) is 0 Å². The maximum atomic E-state index is 5.40. The molecule has 70 valence electrons. The Balaban J connectivity index is 0.000000396. The van der Waals surface area contributed by atoms with Crippen LogP contribution in [0, 0.1) is 0 Å². The molecule has 13 heavy (non-hydrogen) atoms. The Morgan fingerprint density at radius 2 is 1.92 bits per heavy atom. The van der Waals surface area contributed by atoms with Crippen molar-refractivity contribution in [1.82, 2.24) is 0 Å². The summed E-state index contributed by atoms with van der Waals surface area (Å²) in [5, 5.41) is 0. The van der Waals surface area contributed by atoms with Gasteiger partial charge >= 0.3 is 0 Å². The molecule has 1 aromatic rings. The molecule has 1 fully saturated rings. The van der Waals surface area contributed by atoms with Gasteiger partial charge in [-0.25, -0.2) is 0 Å². The summed E-state index contributed by atoms with van der Waals surface area (Å²) in [6.07, 6.45) is 0.343. The lowest BCUT2D eigenvalue weighted by molar-refractivity contribution is 0.263. The number of hydrogen-bond acceptors (Lipinski definition) is 2. The van der Waals surface area contributed by atoms with Crippen molar-refractivity contribution in [1.29, 1.82) is 0 Å². The molecule has 1 unspecified atom stereocenters. The second-order valence-electron chi connectivity index (χ2n) is 2.58. The van der Waals surface area contributed by atoms with E-state index >= 15 is 0 Å². The summed E-state index contributed by atoms with van der Waals surface area (Å²) in [5.74, 6) is 0.919. The molecule has 0 spiro atoms. The fraction of sp³-hybridized carbons (Fsp3) is 0.273. The lowest BCUT2D eigenvalue weighted by atomic mass is 10.3. The van der Waals surface area contributed by atoms with Gasteiger partial charge < -0.3 is 9.47 Å². The van der Waals surface area contributed by atoms with Gasteiger partial charge in [0.1, 0.15) is 18.5 Å². The normalized spacial score (nSPS) is 18.3. The zero-order valence-electron chi connectivity index (χ0n) is 7.61. The highest BCUT2D eigenvalue weighted by atomic mass is 16.6. The van der Waals surface area contributed by atoms with Gasteiger partial charge in [0.05, 0.1) is 6.61 Å². The molecule has 2 rings (SSSR count). The van der Waals surface area contributed by atoms with E-state index < -0.39 is 0 Å². The molecule has 2 nitrogen and oxygen atoms in total. The molecular weight excluding hydrogens is 164 g/mol. The van der Waals surface area contributed by atoms with Gasteiger partial charge in [-0.2, -0.15) is 0 Å². The molecular formula is C11H14O2. The van der Waals surface area contributed by atoms with Crippen LogP contribution in [-0.2, 0) is 4.74 Å². The second-order valence-corrected chi connectivity index (χ2v) is 2.58. The third kappa shape index (κ3) is 3.76. The smallest absolute Gasteiger partial charge is 0.119 e. The van der Waals surface area contributed by atoms with Crippen LogP contribution >= 0.6 is 0 Å². The van der Waals surface area contributed by atoms with Crippen molar-refractivity contribution in [2.24, 2.45) is 0 Å². The monoisotopic (exact) mass is 178 g/mol. The Morgan fingerprint density at radius 1 is 1.31 bits per heavy atom. The van der Waals surface area contributed by atoms with E-state index in [1.165, 1.54) is 0 Å². The molecule has 1 atom stereocenters. The first-order chi connectivity index (χ1) is 6.45. The van der Waals surface area contributed by atoms with E-state index in [1.807, 2.05) is 30.3 Å². The molecule has 0 saturated carbocycles. The number of para-hydroxylation sites is 1. The van der Waals surface area contributed by atoms with E-state index in [9.17, 15) is 0 Å². The van der Waals surface area contributed by atoms with Crippen molar-refractivity contribution in [3.8, 4) is 5.75 Å². The van der Waals surface area contributed by atoms with Crippen molar-refractivity contribution in [2.75, 3.05) is 13.2 Å². The first-order valence-electron chi connectivity index (χ1n) is 4.24. The Morgan fingerprint density at radius 3 is 2.46 bits per heavy atom. The summed E-state index contributed by atoms with van der Waals surface area (Å²) < 4.78 is 10.4. The lowest BCUT2D eigenvalue weighted by Gasteiger charge is -2.01. The van der Waals surface area contributed by atoms with Crippen LogP contribution in [0.5, 0.6) is 5.75 Å². The van der Waals surface area contributed by atoms with Gasteiger partial charge in [-0.05, 0) is 12.1 Å². The van der Waals surface area contributed by atoms with Crippen LogP contribution in [0.15, 0.2) is 43.5 Å². The number of hydrogen-bond donors (Lipinski definition) is 0. The summed E-state index contributed by atoms with van der Waals surface area (Å²) >= 11 is 0. The molecule has 2 heteroatoms. The van der Waals surface area contributed by atoms with Gasteiger partial charge in [0, 0.05) is 0 Å². The van der Waals surface area contributed by atoms with Crippen molar-refractivity contribution in [2.45, 2.75) is 6.10 Å². The Labute approximate surface area is 78.8 Å². The van der Waals surface area contributed by atoms with Crippen LogP contribution in [0.4, 0.5) is 0 Å². The molecule has 0 radical (unpaired) electrons. The quantitative estimate of drug-likeness (QED) is 0.523. The van der Waals surface area contributed by atoms with Gasteiger partial charge in [-0.1, -0.05) is 18.2 Å². The predicted octanol–water partition coefficient (Wildman–Crippen LogP) is 2.27. The zero-order valence-corrected chi connectivity index (χ0v) is 7.61. The van der Waals surface area contributed by atoms with Crippen LogP contribution in [0.25, 0.3) is 0 Å². The van der Waals surface area contributed by atoms with Gasteiger partial charge in [-0.15, -0.1) is 13.2 Å². The summed E-state index contributed by atoms with van der Waals surface area (Å²) in [4.78, 5) is 0. The highest BCUT2D eigenvalue weighted by Crippen LogP contribution is 2.13. The van der Waals surface area contributed by atoms with E-state index in [0.29, 0.717) is 12.7 Å². The molecule has 1 aliphatic rings. The van der Waals surface area contributed by atoms with Crippen LogP contribution < -0.4 is 4.74 Å². The molecule has 1 saturated heterocycles. The predicted molar refractivity (Wildman–Crippen MR) is 52.9 cm³/mol. The van der Waals surface area contributed by atoms with Crippen molar-refractivity contribution in [3.63, 3.8) is 0 Å². The molecule has 0 aliphatic carbocycles. The fourth-order valence-electron chi connectivity index (χ4n) is 0.870. The molecule has 0 N–H and O–H groups in total. The molecule has 0 bridgehead atoms. The van der Waals surface area contributed by atoms with Crippen molar-refractivity contribution in [3.05, 3.63) is 43.5 Å². The van der Waals surface area contributed by atoms with E-state index in [2.05, 4.69) is 13.2 Å². The van der Waals surface area contributed by atoms with Crippen LogP contribution in [-0.4, -0.2) is 19.3 Å². The summed E-state index contributed by atoms with van der Waals surface area (Å²) in [6.45, 7) is 7.54. The number of epoxide rings is 1. The minimum Gasteiger partial charge on any atom is -0.491 e. The molecule has 0 aromatic heterocycles. The zero-order chi connectivity index (χ0) is 9.52. The van der Waals surface area contributed by atoms with Gasteiger partial charge in [-0.3, -0.25) is 0 Å². The topological polar surface area (TPSA) is 21.8 Å². The average Bonchev–Trinajstić information content (AvgIpc) is 3.03. The standard InChI is InChI=1S/C9H10O2.C2H4/c1-2-4-8(5-3-1)10-6-9-7-11-9;1-2/h1-5,9H,6-7H2;1-2H2. The van der Waals surface area contributed by atoms with E-state index in [1.54, 1.807) is 0 Å². The van der Waals surface area contributed by atoms with Crippen LogP contribution in [0.2, 0.25) is 0 Å².